The van der Waals surface area contributed by atoms with Crippen molar-refractivity contribution < 1.29 is 0 Å². The van der Waals surface area contributed by atoms with Crippen molar-refractivity contribution in [2.45, 2.75) is 52.0 Å². The summed E-state index contributed by atoms with van der Waals surface area (Å²) in [6, 6.07) is 9.32. The molecule has 2 nitrogen and oxygen atoms in total. The molecule has 0 N–H and O–H groups in total. The molecule has 0 aliphatic carbocycles. The van der Waals surface area contributed by atoms with Crippen molar-refractivity contribution in [3.63, 3.8) is 0 Å². The molecule has 0 saturated carbocycles. The predicted molar refractivity (Wildman–Crippen MR) is 99.5 cm³/mol. The van der Waals surface area contributed by atoms with Crippen LogP contribution in [-0.2, 0) is 6.54 Å². The number of aromatic nitrogens is 1. The van der Waals surface area contributed by atoms with Gasteiger partial charge in [-0.2, -0.15) is 0 Å². The van der Waals surface area contributed by atoms with Crippen LogP contribution in [0.1, 0.15) is 51.1 Å². The van der Waals surface area contributed by atoms with Gasteiger partial charge in [0, 0.05) is 17.1 Å². The first-order chi connectivity index (χ1) is 11.3. The standard InChI is InChI=1S/C21H25NO/c1-3-5-6-7-8-9-10-13-18-17-21(23)19-14-11-12-15-20(19)22(18)16-4-2/h2,10-15,17H,3,5-9,16H2,1H3/b13-10+. The van der Waals surface area contributed by atoms with Gasteiger partial charge in [0.2, 0.25) is 0 Å². The number of terminal acetylenes is 1. The van der Waals surface area contributed by atoms with Crippen LogP contribution in [-0.4, -0.2) is 4.57 Å². The number of hydrogen-bond donors (Lipinski definition) is 0. The van der Waals surface area contributed by atoms with E-state index in [1.165, 1.54) is 32.1 Å². The first-order valence-corrected chi connectivity index (χ1v) is 8.50. The van der Waals surface area contributed by atoms with Gasteiger partial charge in [-0.05, 0) is 31.1 Å². The molecule has 0 aliphatic heterocycles. The van der Waals surface area contributed by atoms with Gasteiger partial charge in [-0.3, -0.25) is 4.79 Å². The van der Waals surface area contributed by atoms with Gasteiger partial charge in [-0.15, -0.1) is 6.42 Å². The van der Waals surface area contributed by atoms with Crippen LogP contribution in [0.3, 0.4) is 0 Å². The topological polar surface area (TPSA) is 22.0 Å². The zero-order valence-electron chi connectivity index (χ0n) is 13.9. The summed E-state index contributed by atoms with van der Waals surface area (Å²) < 4.78 is 2.03. The fourth-order valence-electron chi connectivity index (χ4n) is 2.82. The third-order valence-electron chi connectivity index (χ3n) is 4.06. The van der Waals surface area contributed by atoms with Crippen LogP contribution in [0.25, 0.3) is 17.0 Å². The van der Waals surface area contributed by atoms with Gasteiger partial charge < -0.3 is 4.57 Å². The van der Waals surface area contributed by atoms with E-state index in [1.807, 2.05) is 34.9 Å². The Morgan fingerprint density at radius 2 is 1.96 bits per heavy atom. The number of benzene rings is 1. The highest BCUT2D eigenvalue weighted by atomic mass is 16.1. The summed E-state index contributed by atoms with van der Waals surface area (Å²) >= 11 is 0. The summed E-state index contributed by atoms with van der Waals surface area (Å²) in [6.45, 7) is 2.70. The Hall–Kier alpha value is -2.27. The number of allylic oxidation sites excluding steroid dienone is 1. The molecule has 0 amide bonds. The molecule has 2 heteroatoms. The largest absolute Gasteiger partial charge is 0.329 e. The van der Waals surface area contributed by atoms with Crippen molar-refractivity contribution in [3.8, 4) is 12.3 Å². The van der Waals surface area contributed by atoms with Gasteiger partial charge >= 0.3 is 0 Å². The van der Waals surface area contributed by atoms with Crippen LogP contribution in [0.2, 0.25) is 0 Å². The second kappa shape index (κ2) is 9.00. The number of nitrogens with zero attached hydrogens (tertiary/aromatic N) is 1. The maximum atomic E-state index is 12.3. The summed E-state index contributed by atoms with van der Waals surface area (Å²) in [6.07, 6.45) is 17.1. The number of para-hydroxylation sites is 1. The molecule has 120 valence electrons. The molecule has 0 unspecified atom stereocenters. The van der Waals surface area contributed by atoms with E-state index in [-0.39, 0.29) is 5.43 Å². The first-order valence-electron chi connectivity index (χ1n) is 8.50. The average molecular weight is 307 g/mol. The molecule has 0 spiro atoms. The SMILES string of the molecule is C#CCn1c(/C=C/CCCCCCC)cc(=O)c2ccccc21. The van der Waals surface area contributed by atoms with Crippen molar-refractivity contribution in [2.24, 2.45) is 0 Å². The quantitative estimate of drug-likeness (QED) is 0.496. The number of pyridine rings is 1. The van der Waals surface area contributed by atoms with E-state index in [4.69, 9.17) is 6.42 Å². The second-order valence-corrected chi connectivity index (χ2v) is 5.85. The van der Waals surface area contributed by atoms with Crippen molar-refractivity contribution in [1.82, 2.24) is 4.57 Å². The number of fused-ring (bicyclic) bond motifs is 1. The Morgan fingerprint density at radius 3 is 2.74 bits per heavy atom. The fourth-order valence-corrected chi connectivity index (χ4v) is 2.82. The molecule has 23 heavy (non-hydrogen) atoms. The van der Waals surface area contributed by atoms with Crippen molar-refractivity contribution in [3.05, 3.63) is 52.3 Å². The zero-order chi connectivity index (χ0) is 16.5. The summed E-state index contributed by atoms with van der Waals surface area (Å²) in [5.41, 5.74) is 1.84. The lowest BCUT2D eigenvalue weighted by Crippen LogP contribution is -2.11. The molecule has 0 saturated heterocycles. The van der Waals surface area contributed by atoms with Gasteiger partial charge in [0.15, 0.2) is 5.43 Å². The molecule has 2 aromatic rings. The minimum absolute atomic E-state index is 0.0523. The molecular weight excluding hydrogens is 282 g/mol. The lowest BCUT2D eigenvalue weighted by Gasteiger charge is -2.12. The molecule has 0 aliphatic rings. The van der Waals surface area contributed by atoms with Crippen LogP contribution >= 0.6 is 0 Å². The monoisotopic (exact) mass is 307 g/mol. The van der Waals surface area contributed by atoms with Crippen molar-refractivity contribution in [1.29, 1.82) is 0 Å². The van der Waals surface area contributed by atoms with Gasteiger partial charge in [-0.25, -0.2) is 0 Å². The summed E-state index contributed by atoms with van der Waals surface area (Å²) in [4.78, 5) is 12.3. The van der Waals surface area contributed by atoms with Crippen LogP contribution in [0.4, 0.5) is 0 Å². The highest BCUT2D eigenvalue weighted by Crippen LogP contribution is 2.15. The molecule has 1 aromatic heterocycles. The zero-order valence-corrected chi connectivity index (χ0v) is 13.9. The third-order valence-corrected chi connectivity index (χ3v) is 4.06. The Bertz CT molecular complexity index is 761. The predicted octanol–water partition coefficient (Wildman–Crippen LogP) is 5.01. The molecular formula is C21H25NO. The molecule has 0 radical (unpaired) electrons. The van der Waals surface area contributed by atoms with Gasteiger partial charge in [-0.1, -0.05) is 56.7 Å². The average Bonchev–Trinajstić information content (AvgIpc) is 2.57. The molecule has 0 fully saturated rings. The Labute approximate surface area is 138 Å². The number of unbranched alkanes of at least 4 members (excludes halogenated alkanes) is 5. The van der Waals surface area contributed by atoms with E-state index >= 15 is 0 Å². The number of hydrogen-bond acceptors (Lipinski definition) is 1. The highest BCUT2D eigenvalue weighted by Gasteiger charge is 2.05. The minimum Gasteiger partial charge on any atom is -0.329 e. The van der Waals surface area contributed by atoms with Crippen molar-refractivity contribution in [2.75, 3.05) is 0 Å². The van der Waals surface area contributed by atoms with Crippen LogP contribution < -0.4 is 5.43 Å². The fraction of sp³-hybridized carbons (Fsp3) is 0.381. The maximum absolute atomic E-state index is 12.3. The second-order valence-electron chi connectivity index (χ2n) is 5.85. The first kappa shape index (κ1) is 17.1. The molecule has 0 bridgehead atoms. The summed E-state index contributed by atoms with van der Waals surface area (Å²) in [5, 5.41) is 0.722. The third kappa shape index (κ3) is 4.60. The Morgan fingerprint density at radius 1 is 1.17 bits per heavy atom. The molecule has 0 atom stereocenters. The van der Waals surface area contributed by atoms with Crippen molar-refractivity contribution >= 4 is 17.0 Å². The lowest BCUT2D eigenvalue weighted by molar-refractivity contribution is 0.638. The van der Waals surface area contributed by atoms with E-state index in [0.717, 1.165) is 23.0 Å². The number of rotatable bonds is 8. The Balaban J connectivity index is 2.18. The summed E-state index contributed by atoms with van der Waals surface area (Å²) in [5.74, 6) is 2.69. The smallest absolute Gasteiger partial charge is 0.190 e. The summed E-state index contributed by atoms with van der Waals surface area (Å²) in [7, 11) is 0. The molecule has 1 aromatic carbocycles. The van der Waals surface area contributed by atoms with E-state index in [9.17, 15) is 4.79 Å². The lowest BCUT2D eigenvalue weighted by atomic mass is 10.1. The van der Waals surface area contributed by atoms with Gasteiger partial charge in [0.1, 0.15) is 0 Å². The normalized spacial score (nSPS) is 11.1. The molecule has 2 rings (SSSR count). The van der Waals surface area contributed by atoms with E-state index in [0.29, 0.717) is 6.54 Å². The van der Waals surface area contributed by atoms with Crippen LogP contribution in [0, 0.1) is 12.3 Å². The van der Waals surface area contributed by atoms with Crippen LogP contribution in [0.15, 0.2) is 41.2 Å². The molecule has 1 heterocycles. The van der Waals surface area contributed by atoms with E-state index in [1.54, 1.807) is 6.07 Å². The van der Waals surface area contributed by atoms with E-state index in [2.05, 4.69) is 18.9 Å². The van der Waals surface area contributed by atoms with Gasteiger partial charge in [0.25, 0.3) is 0 Å². The highest BCUT2D eigenvalue weighted by molar-refractivity contribution is 5.80. The van der Waals surface area contributed by atoms with E-state index < -0.39 is 0 Å². The Kier molecular flexibility index (Phi) is 6.69. The maximum Gasteiger partial charge on any atom is 0.190 e. The minimum atomic E-state index is 0.0523. The van der Waals surface area contributed by atoms with Crippen LogP contribution in [0.5, 0.6) is 0 Å². The van der Waals surface area contributed by atoms with Gasteiger partial charge in [0.05, 0.1) is 12.1 Å².